The van der Waals surface area contributed by atoms with E-state index in [2.05, 4.69) is 0 Å². The molecule has 0 amide bonds. The number of benzene rings is 2. The van der Waals surface area contributed by atoms with Gasteiger partial charge in [0.05, 0.1) is 19.6 Å². The number of carbonyl (C=O) groups is 2. The monoisotopic (exact) mass is 372 g/mol. The standard InChI is InChI=1S/C19H16O8/c1-9(20)25-12-5-13-18(22)17-14(26-10(2)21)6-11(23-3)7-15(17)27-19(13)16(8-12)24-4/h5-8H,1-4H3. The number of fused-ring (bicyclic) bond motifs is 2. The highest BCUT2D eigenvalue weighted by Crippen LogP contribution is 2.36. The Hall–Kier alpha value is -3.55. The molecule has 0 aliphatic rings. The number of ether oxygens (including phenoxy) is 4. The fourth-order valence-electron chi connectivity index (χ4n) is 2.70. The van der Waals surface area contributed by atoms with Gasteiger partial charge in [0.15, 0.2) is 11.3 Å². The van der Waals surface area contributed by atoms with Gasteiger partial charge in [0, 0.05) is 32.0 Å². The molecule has 8 heteroatoms. The van der Waals surface area contributed by atoms with Crippen LogP contribution in [0.15, 0.2) is 33.5 Å². The van der Waals surface area contributed by atoms with Gasteiger partial charge in [-0.15, -0.1) is 0 Å². The predicted molar refractivity (Wildman–Crippen MR) is 95.7 cm³/mol. The summed E-state index contributed by atoms with van der Waals surface area (Å²) in [5.74, 6) is -0.469. The molecule has 0 aliphatic carbocycles. The smallest absolute Gasteiger partial charge is 0.308 e. The third-order valence-corrected chi connectivity index (χ3v) is 3.72. The van der Waals surface area contributed by atoms with E-state index in [0.29, 0.717) is 5.75 Å². The summed E-state index contributed by atoms with van der Waals surface area (Å²) in [6.45, 7) is 2.46. The van der Waals surface area contributed by atoms with Crippen molar-refractivity contribution in [1.29, 1.82) is 0 Å². The Bertz CT molecular complexity index is 1130. The van der Waals surface area contributed by atoms with Crippen molar-refractivity contribution in [3.05, 3.63) is 34.5 Å². The average Bonchev–Trinajstić information content (AvgIpc) is 2.60. The normalized spacial score (nSPS) is 10.7. The van der Waals surface area contributed by atoms with Gasteiger partial charge in [-0.2, -0.15) is 0 Å². The molecule has 3 rings (SSSR count). The SMILES string of the molecule is COc1cc(OC(C)=O)c2c(=O)c3cc(OC(C)=O)cc(OC)c3oc2c1. The molecule has 0 bridgehead atoms. The summed E-state index contributed by atoms with van der Waals surface area (Å²) in [5, 5.41) is 0.164. The molecule has 1 aromatic heterocycles. The van der Waals surface area contributed by atoms with E-state index in [0.717, 1.165) is 0 Å². The summed E-state index contributed by atoms with van der Waals surface area (Å²) >= 11 is 0. The molecule has 0 atom stereocenters. The molecule has 3 aromatic rings. The quantitative estimate of drug-likeness (QED) is 0.391. The third kappa shape index (κ3) is 3.41. The van der Waals surface area contributed by atoms with Gasteiger partial charge < -0.3 is 23.4 Å². The summed E-state index contributed by atoms with van der Waals surface area (Å²) in [6, 6.07) is 5.72. The molecular formula is C19H16O8. The number of methoxy groups -OCH3 is 2. The van der Waals surface area contributed by atoms with Gasteiger partial charge in [0.2, 0.25) is 5.43 Å². The Morgan fingerprint density at radius 1 is 0.852 bits per heavy atom. The van der Waals surface area contributed by atoms with E-state index in [9.17, 15) is 14.4 Å². The Balaban J connectivity index is 2.43. The average molecular weight is 372 g/mol. The molecule has 8 nitrogen and oxygen atoms in total. The number of hydrogen-bond donors (Lipinski definition) is 0. The minimum atomic E-state index is -0.602. The number of esters is 2. The maximum absolute atomic E-state index is 13.1. The van der Waals surface area contributed by atoms with Crippen molar-refractivity contribution in [3.63, 3.8) is 0 Å². The number of rotatable bonds is 4. The second-order valence-electron chi connectivity index (χ2n) is 5.62. The lowest BCUT2D eigenvalue weighted by molar-refractivity contribution is -0.132. The van der Waals surface area contributed by atoms with Crippen molar-refractivity contribution in [2.45, 2.75) is 13.8 Å². The maximum atomic E-state index is 13.1. The summed E-state index contributed by atoms with van der Waals surface area (Å²) in [5.41, 5.74) is -0.160. The van der Waals surface area contributed by atoms with Crippen LogP contribution in [0.25, 0.3) is 21.9 Å². The highest BCUT2D eigenvalue weighted by atomic mass is 16.5. The molecule has 2 aromatic carbocycles. The lowest BCUT2D eigenvalue weighted by Crippen LogP contribution is -2.09. The van der Waals surface area contributed by atoms with Gasteiger partial charge in [0.1, 0.15) is 28.2 Å². The molecule has 0 aliphatic heterocycles. The van der Waals surface area contributed by atoms with Crippen LogP contribution < -0.4 is 24.4 Å². The first kappa shape index (κ1) is 18.2. The van der Waals surface area contributed by atoms with Crippen molar-refractivity contribution in [2.24, 2.45) is 0 Å². The van der Waals surface area contributed by atoms with Gasteiger partial charge in [-0.05, 0) is 6.07 Å². The Labute approximate surface area is 153 Å². The topological polar surface area (TPSA) is 101 Å². The zero-order valence-corrected chi connectivity index (χ0v) is 15.1. The molecular weight excluding hydrogens is 356 g/mol. The molecule has 0 unspecified atom stereocenters. The van der Waals surface area contributed by atoms with Crippen LogP contribution in [0.4, 0.5) is 0 Å². The van der Waals surface area contributed by atoms with Gasteiger partial charge in [-0.25, -0.2) is 0 Å². The molecule has 0 N–H and O–H groups in total. The van der Waals surface area contributed by atoms with Crippen molar-refractivity contribution in [2.75, 3.05) is 14.2 Å². The second kappa shape index (κ2) is 6.99. The Morgan fingerprint density at radius 3 is 2.11 bits per heavy atom. The summed E-state index contributed by atoms with van der Waals surface area (Å²) in [4.78, 5) is 35.8. The molecule has 27 heavy (non-hydrogen) atoms. The maximum Gasteiger partial charge on any atom is 0.308 e. The van der Waals surface area contributed by atoms with E-state index in [4.69, 9.17) is 23.4 Å². The van der Waals surface area contributed by atoms with E-state index in [1.807, 2.05) is 0 Å². The van der Waals surface area contributed by atoms with Crippen LogP contribution in [0.2, 0.25) is 0 Å². The molecule has 0 saturated heterocycles. The summed E-state index contributed by atoms with van der Waals surface area (Å²) < 4.78 is 26.5. The fraction of sp³-hybridized carbons (Fsp3) is 0.211. The van der Waals surface area contributed by atoms with E-state index < -0.39 is 17.4 Å². The lowest BCUT2D eigenvalue weighted by atomic mass is 10.1. The summed E-state index contributed by atoms with van der Waals surface area (Å²) in [7, 11) is 2.83. The molecule has 0 saturated carbocycles. The molecule has 0 spiro atoms. The zero-order chi connectivity index (χ0) is 19.7. The minimum absolute atomic E-state index is 0.00403. The first-order chi connectivity index (χ1) is 12.8. The highest BCUT2D eigenvalue weighted by molar-refractivity contribution is 5.97. The van der Waals surface area contributed by atoms with Crippen LogP contribution in [-0.4, -0.2) is 26.2 Å². The van der Waals surface area contributed by atoms with E-state index in [1.54, 1.807) is 0 Å². The number of hydrogen-bond acceptors (Lipinski definition) is 8. The minimum Gasteiger partial charge on any atom is -0.496 e. The lowest BCUT2D eigenvalue weighted by Gasteiger charge is -2.12. The van der Waals surface area contributed by atoms with Gasteiger partial charge in [-0.1, -0.05) is 0 Å². The van der Waals surface area contributed by atoms with Crippen molar-refractivity contribution in [3.8, 4) is 23.0 Å². The summed E-state index contributed by atoms with van der Waals surface area (Å²) in [6.07, 6.45) is 0. The molecule has 140 valence electrons. The van der Waals surface area contributed by atoms with E-state index >= 15 is 0 Å². The first-order valence-corrected chi connectivity index (χ1v) is 7.87. The van der Waals surface area contributed by atoms with Gasteiger partial charge in [0.25, 0.3) is 0 Å². The van der Waals surface area contributed by atoms with Crippen LogP contribution >= 0.6 is 0 Å². The van der Waals surface area contributed by atoms with Crippen LogP contribution in [-0.2, 0) is 9.59 Å². The molecule has 0 radical (unpaired) electrons. The molecule has 0 fully saturated rings. The van der Waals surface area contributed by atoms with E-state index in [-0.39, 0.29) is 39.2 Å². The van der Waals surface area contributed by atoms with Crippen LogP contribution in [0.3, 0.4) is 0 Å². The van der Waals surface area contributed by atoms with Crippen molar-refractivity contribution < 1.29 is 33.0 Å². The third-order valence-electron chi connectivity index (χ3n) is 3.72. The first-order valence-electron chi connectivity index (χ1n) is 7.87. The Kier molecular flexibility index (Phi) is 4.72. The fourth-order valence-corrected chi connectivity index (χ4v) is 2.70. The van der Waals surface area contributed by atoms with Crippen molar-refractivity contribution >= 4 is 33.9 Å². The van der Waals surface area contributed by atoms with E-state index in [1.165, 1.54) is 52.3 Å². The zero-order valence-electron chi connectivity index (χ0n) is 15.1. The largest absolute Gasteiger partial charge is 0.496 e. The predicted octanol–water partition coefficient (Wildman–Crippen LogP) is 2.81. The van der Waals surface area contributed by atoms with Crippen LogP contribution in [0, 0.1) is 0 Å². The van der Waals surface area contributed by atoms with Gasteiger partial charge >= 0.3 is 11.9 Å². The second-order valence-corrected chi connectivity index (χ2v) is 5.62. The Morgan fingerprint density at radius 2 is 1.52 bits per heavy atom. The van der Waals surface area contributed by atoms with Gasteiger partial charge in [-0.3, -0.25) is 14.4 Å². The number of carbonyl (C=O) groups excluding carboxylic acids is 2. The van der Waals surface area contributed by atoms with Crippen LogP contribution in [0.5, 0.6) is 23.0 Å². The molecule has 1 heterocycles. The van der Waals surface area contributed by atoms with Crippen molar-refractivity contribution in [1.82, 2.24) is 0 Å². The van der Waals surface area contributed by atoms with Crippen LogP contribution in [0.1, 0.15) is 13.8 Å². The highest BCUT2D eigenvalue weighted by Gasteiger charge is 2.19.